The number of amides is 2. The lowest BCUT2D eigenvalue weighted by molar-refractivity contribution is -0.137. The number of likely N-dealkylation sites (tertiary alicyclic amines) is 1. The van der Waals surface area contributed by atoms with Crippen LogP contribution in [0.4, 0.5) is 13.2 Å². The monoisotopic (exact) mass is 401 g/mol. The first kappa shape index (κ1) is 20.0. The second-order valence-electron chi connectivity index (χ2n) is 6.83. The standard InChI is InChI=1S/C18H22F3N3O2S/c19-18(20,21)13-3-1-2-12(8-13)17(26)22-9-16(25)23-14-4-6-24(10-14)15-5-7-27-11-15/h1-3,8,14-15H,4-7,9-11H2,(H,22,26)(H,23,25)/t14-,15?/m1/s1. The third-order valence-electron chi connectivity index (χ3n) is 4.87. The molecule has 0 aromatic heterocycles. The Bertz CT molecular complexity index is 693. The number of nitrogens with one attached hydrogen (secondary N) is 2. The summed E-state index contributed by atoms with van der Waals surface area (Å²) in [7, 11) is 0. The van der Waals surface area contributed by atoms with Crippen molar-refractivity contribution in [1.82, 2.24) is 15.5 Å². The molecule has 0 spiro atoms. The van der Waals surface area contributed by atoms with Crippen molar-refractivity contribution in [1.29, 1.82) is 0 Å². The van der Waals surface area contributed by atoms with Gasteiger partial charge < -0.3 is 10.6 Å². The summed E-state index contributed by atoms with van der Waals surface area (Å²) in [5.41, 5.74) is -1.01. The van der Waals surface area contributed by atoms with Gasteiger partial charge in [-0.05, 0) is 36.8 Å². The van der Waals surface area contributed by atoms with Gasteiger partial charge in [0.15, 0.2) is 0 Å². The van der Waals surface area contributed by atoms with E-state index < -0.39 is 17.6 Å². The molecular formula is C18H22F3N3O2S. The molecule has 0 saturated carbocycles. The molecule has 148 valence electrons. The van der Waals surface area contributed by atoms with Crippen LogP contribution in [0, 0.1) is 0 Å². The van der Waals surface area contributed by atoms with Gasteiger partial charge in [-0.3, -0.25) is 14.5 Å². The summed E-state index contributed by atoms with van der Waals surface area (Å²) in [4.78, 5) is 26.5. The number of alkyl halides is 3. The molecule has 3 rings (SSSR count). The van der Waals surface area contributed by atoms with E-state index in [2.05, 4.69) is 15.5 Å². The highest BCUT2D eigenvalue weighted by atomic mass is 32.2. The van der Waals surface area contributed by atoms with E-state index in [9.17, 15) is 22.8 Å². The van der Waals surface area contributed by atoms with Crippen LogP contribution < -0.4 is 10.6 Å². The Morgan fingerprint density at radius 3 is 2.78 bits per heavy atom. The summed E-state index contributed by atoms with van der Waals surface area (Å²) in [6, 6.07) is 4.77. The topological polar surface area (TPSA) is 61.4 Å². The van der Waals surface area contributed by atoms with Gasteiger partial charge in [-0.15, -0.1) is 0 Å². The van der Waals surface area contributed by atoms with Crippen molar-refractivity contribution in [2.24, 2.45) is 0 Å². The van der Waals surface area contributed by atoms with Gasteiger partial charge in [-0.2, -0.15) is 24.9 Å². The maximum Gasteiger partial charge on any atom is 0.416 e. The molecule has 1 aromatic carbocycles. The van der Waals surface area contributed by atoms with Crippen LogP contribution in [0.2, 0.25) is 0 Å². The van der Waals surface area contributed by atoms with E-state index in [1.165, 1.54) is 24.3 Å². The van der Waals surface area contributed by atoms with Gasteiger partial charge in [0.05, 0.1) is 12.1 Å². The molecule has 1 aromatic rings. The average Bonchev–Trinajstić information content (AvgIpc) is 3.30. The Morgan fingerprint density at radius 1 is 1.26 bits per heavy atom. The van der Waals surface area contributed by atoms with E-state index in [1.54, 1.807) is 0 Å². The normalized spacial score (nSPS) is 23.4. The van der Waals surface area contributed by atoms with Crippen molar-refractivity contribution >= 4 is 23.6 Å². The lowest BCUT2D eigenvalue weighted by Crippen LogP contribution is -2.44. The van der Waals surface area contributed by atoms with Gasteiger partial charge >= 0.3 is 6.18 Å². The van der Waals surface area contributed by atoms with E-state index >= 15 is 0 Å². The van der Waals surface area contributed by atoms with Crippen LogP contribution in [0.1, 0.15) is 28.8 Å². The van der Waals surface area contributed by atoms with E-state index in [0.717, 1.165) is 37.4 Å². The van der Waals surface area contributed by atoms with E-state index in [-0.39, 0.29) is 24.1 Å². The van der Waals surface area contributed by atoms with Gasteiger partial charge in [-0.25, -0.2) is 0 Å². The van der Waals surface area contributed by atoms with E-state index in [4.69, 9.17) is 0 Å². The third-order valence-corrected chi connectivity index (χ3v) is 6.01. The second kappa shape index (κ2) is 8.52. The predicted molar refractivity (Wildman–Crippen MR) is 97.6 cm³/mol. The van der Waals surface area contributed by atoms with Crippen LogP contribution in [0.5, 0.6) is 0 Å². The zero-order chi connectivity index (χ0) is 19.4. The smallest absolute Gasteiger partial charge is 0.350 e. The fourth-order valence-electron chi connectivity index (χ4n) is 3.42. The molecule has 0 radical (unpaired) electrons. The number of carbonyl (C=O) groups excluding carboxylic acids is 2. The first-order valence-corrected chi connectivity index (χ1v) is 10.0. The molecule has 2 saturated heterocycles. The highest BCUT2D eigenvalue weighted by molar-refractivity contribution is 7.99. The fourth-order valence-corrected chi connectivity index (χ4v) is 4.68. The minimum Gasteiger partial charge on any atom is -0.350 e. The number of halogens is 3. The molecule has 27 heavy (non-hydrogen) atoms. The molecule has 2 heterocycles. The van der Waals surface area contributed by atoms with Gasteiger partial charge in [0.1, 0.15) is 0 Å². The van der Waals surface area contributed by atoms with Crippen LogP contribution in [0.15, 0.2) is 24.3 Å². The van der Waals surface area contributed by atoms with Gasteiger partial charge in [-0.1, -0.05) is 6.07 Å². The van der Waals surface area contributed by atoms with Crippen molar-refractivity contribution in [2.75, 3.05) is 31.1 Å². The Labute approximate surface area is 160 Å². The number of nitrogens with zero attached hydrogens (tertiary/aromatic N) is 1. The lowest BCUT2D eigenvalue weighted by atomic mass is 10.1. The molecule has 0 aliphatic carbocycles. The summed E-state index contributed by atoms with van der Waals surface area (Å²) in [6.07, 6.45) is -2.47. The first-order valence-electron chi connectivity index (χ1n) is 8.89. The summed E-state index contributed by atoms with van der Waals surface area (Å²) >= 11 is 1.95. The van der Waals surface area contributed by atoms with Crippen LogP contribution in [-0.4, -0.2) is 59.9 Å². The molecule has 2 aliphatic heterocycles. The second-order valence-corrected chi connectivity index (χ2v) is 7.98. The van der Waals surface area contributed by atoms with Crippen molar-refractivity contribution in [3.05, 3.63) is 35.4 Å². The largest absolute Gasteiger partial charge is 0.416 e. The molecule has 2 fully saturated rings. The van der Waals surface area contributed by atoms with Gasteiger partial charge in [0.2, 0.25) is 5.91 Å². The minimum absolute atomic E-state index is 0.0496. The van der Waals surface area contributed by atoms with E-state index in [1.807, 2.05) is 11.8 Å². The molecule has 5 nitrogen and oxygen atoms in total. The predicted octanol–water partition coefficient (Wildman–Crippen LogP) is 2.13. The SMILES string of the molecule is O=C(CNC(=O)c1cccc(C(F)(F)F)c1)N[C@@H]1CCN(C2CCSC2)C1. The molecular weight excluding hydrogens is 379 g/mol. The zero-order valence-corrected chi connectivity index (χ0v) is 15.5. The Balaban J connectivity index is 1.44. The molecule has 1 unspecified atom stereocenters. The maximum atomic E-state index is 12.7. The van der Waals surface area contributed by atoms with Gasteiger partial charge in [0.25, 0.3) is 5.91 Å². The zero-order valence-electron chi connectivity index (χ0n) is 14.7. The first-order chi connectivity index (χ1) is 12.8. The molecule has 9 heteroatoms. The summed E-state index contributed by atoms with van der Waals surface area (Å²) in [5.74, 6) is 1.28. The Hall–Kier alpha value is -1.74. The highest BCUT2D eigenvalue weighted by Crippen LogP contribution is 2.29. The van der Waals surface area contributed by atoms with Crippen LogP contribution in [0.25, 0.3) is 0 Å². The average molecular weight is 401 g/mol. The van der Waals surface area contributed by atoms with Gasteiger partial charge in [0, 0.05) is 36.5 Å². The lowest BCUT2D eigenvalue weighted by Gasteiger charge is -2.23. The van der Waals surface area contributed by atoms with Crippen molar-refractivity contribution in [2.45, 2.75) is 31.1 Å². The molecule has 0 bridgehead atoms. The number of carbonyl (C=O) groups is 2. The van der Waals surface area contributed by atoms with E-state index in [0.29, 0.717) is 6.04 Å². The van der Waals surface area contributed by atoms with Crippen LogP contribution in [-0.2, 0) is 11.0 Å². The van der Waals surface area contributed by atoms with Crippen LogP contribution >= 0.6 is 11.8 Å². The van der Waals surface area contributed by atoms with Crippen LogP contribution in [0.3, 0.4) is 0 Å². The number of hydrogen-bond donors (Lipinski definition) is 2. The van der Waals surface area contributed by atoms with Crippen molar-refractivity contribution < 1.29 is 22.8 Å². The molecule has 2 aliphatic rings. The molecule has 2 N–H and O–H groups in total. The number of thioether (sulfide) groups is 1. The highest BCUT2D eigenvalue weighted by Gasteiger charge is 2.32. The summed E-state index contributed by atoms with van der Waals surface area (Å²) < 4.78 is 38.1. The fraction of sp³-hybridized carbons (Fsp3) is 0.556. The Morgan fingerprint density at radius 2 is 2.07 bits per heavy atom. The van der Waals surface area contributed by atoms with Crippen molar-refractivity contribution in [3.63, 3.8) is 0 Å². The summed E-state index contributed by atoms with van der Waals surface area (Å²) in [5, 5.41) is 5.28. The van der Waals surface area contributed by atoms with Crippen molar-refractivity contribution in [3.8, 4) is 0 Å². The Kier molecular flexibility index (Phi) is 6.31. The number of hydrogen-bond acceptors (Lipinski definition) is 4. The minimum atomic E-state index is -4.51. The molecule has 2 amide bonds. The number of rotatable bonds is 5. The number of benzene rings is 1. The maximum absolute atomic E-state index is 12.7. The quantitative estimate of drug-likeness (QED) is 0.794. The summed E-state index contributed by atoms with van der Waals surface area (Å²) in [6.45, 7) is 1.50. The molecule has 2 atom stereocenters. The third kappa shape index (κ3) is 5.38.